The molecule has 0 unspecified atom stereocenters. The highest BCUT2D eigenvalue weighted by Gasteiger charge is 2.29. The second-order valence-electron chi connectivity index (χ2n) is 5.34. The van der Waals surface area contributed by atoms with Crippen molar-refractivity contribution in [2.75, 3.05) is 24.6 Å². The van der Waals surface area contributed by atoms with Gasteiger partial charge in [0.1, 0.15) is 0 Å². The number of thioether (sulfide) groups is 1. The van der Waals surface area contributed by atoms with Crippen LogP contribution in [0.2, 0.25) is 0 Å². The van der Waals surface area contributed by atoms with Gasteiger partial charge in [0.05, 0.1) is 6.42 Å². The van der Waals surface area contributed by atoms with Crippen molar-refractivity contribution in [1.29, 1.82) is 0 Å². The number of benzene rings is 1. The monoisotopic (exact) mass is 264 g/mol. The van der Waals surface area contributed by atoms with E-state index < -0.39 is 0 Å². The Kier molecular flexibility index (Phi) is 3.85. The van der Waals surface area contributed by atoms with E-state index in [0.717, 1.165) is 30.1 Å². The molecule has 1 aliphatic rings. The van der Waals surface area contributed by atoms with Crippen molar-refractivity contribution in [3.63, 3.8) is 0 Å². The maximum Gasteiger partial charge on any atom is 0.227 e. The summed E-state index contributed by atoms with van der Waals surface area (Å²) < 4.78 is 0.176. The maximum absolute atomic E-state index is 12.2. The summed E-state index contributed by atoms with van der Waals surface area (Å²) in [5.41, 5.74) is 7.41. The topological polar surface area (TPSA) is 46.3 Å². The van der Waals surface area contributed by atoms with Gasteiger partial charge < -0.3 is 10.6 Å². The Morgan fingerprint density at radius 3 is 2.67 bits per heavy atom. The lowest BCUT2D eigenvalue weighted by Crippen LogP contribution is -2.46. The number of nitrogens with zero attached hydrogens (tertiary/aromatic N) is 1. The number of nitrogen functional groups attached to an aromatic ring is 1. The predicted octanol–water partition coefficient (Wildman–Crippen LogP) is 2.17. The van der Waals surface area contributed by atoms with Crippen LogP contribution in [-0.4, -0.2) is 34.4 Å². The van der Waals surface area contributed by atoms with Gasteiger partial charge >= 0.3 is 0 Å². The number of hydrogen-bond donors (Lipinski definition) is 1. The van der Waals surface area contributed by atoms with Gasteiger partial charge in [-0.1, -0.05) is 12.1 Å². The molecule has 1 fully saturated rings. The molecule has 2 rings (SSSR count). The van der Waals surface area contributed by atoms with Gasteiger partial charge in [0, 0.05) is 29.3 Å². The summed E-state index contributed by atoms with van der Waals surface area (Å²) in [5.74, 6) is 1.24. The molecule has 0 saturated carbocycles. The van der Waals surface area contributed by atoms with Crippen LogP contribution in [0.4, 0.5) is 5.69 Å². The summed E-state index contributed by atoms with van der Waals surface area (Å²) in [6.07, 6.45) is 0.473. The van der Waals surface area contributed by atoms with E-state index in [4.69, 9.17) is 5.73 Å². The molecular weight excluding hydrogens is 244 g/mol. The van der Waals surface area contributed by atoms with E-state index in [2.05, 4.69) is 13.8 Å². The summed E-state index contributed by atoms with van der Waals surface area (Å²) >= 11 is 1.94. The van der Waals surface area contributed by atoms with E-state index in [0.29, 0.717) is 6.42 Å². The van der Waals surface area contributed by atoms with Crippen molar-refractivity contribution in [2.24, 2.45) is 0 Å². The SMILES string of the molecule is CC1(C)CN(C(=O)Cc2ccc(N)cc2)CCS1. The van der Waals surface area contributed by atoms with Crippen LogP contribution in [-0.2, 0) is 11.2 Å². The van der Waals surface area contributed by atoms with Gasteiger partial charge in [-0.15, -0.1) is 0 Å². The molecule has 1 saturated heterocycles. The summed E-state index contributed by atoms with van der Waals surface area (Å²) in [6.45, 7) is 6.09. The standard InChI is InChI=1S/C14H20N2OS/c1-14(2)10-16(7-8-18-14)13(17)9-11-3-5-12(15)6-4-11/h3-6H,7-10,15H2,1-2H3. The molecule has 2 N–H and O–H groups in total. The lowest BCUT2D eigenvalue weighted by Gasteiger charge is -2.37. The van der Waals surface area contributed by atoms with Gasteiger partial charge in [-0.2, -0.15) is 11.8 Å². The molecule has 18 heavy (non-hydrogen) atoms. The Hall–Kier alpha value is -1.16. The Morgan fingerprint density at radius 2 is 2.06 bits per heavy atom. The fourth-order valence-corrected chi connectivity index (χ4v) is 3.26. The van der Waals surface area contributed by atoms with Gasteiger partial charge in [-0.25, -0.2) is 0 Å². The number of nitrogens with two attached hydrogens (primary N) is 1. The fourth-order valence-electron chi connectivity index (χ4n) is 2.15. The molecule has 1 aliphatic heterocycles. The first-order valence-corrected chi connectivity index (χ1v) is 7.21. The Labute approximate surface area is 113 Å². The number of carbonyl (C=O) groups is 1. The zero-order chi connectivity index (χ0) is 13.2. The molecule has 0 aliphatic carbocycles. The summed E-state index contributed by atoms with van der Waals surface area (Å²) in [4.78, 5) is 14.2. The fraction of sp³-hybridized carbons (Fsp3) is 0.500. The molecule has 3 nitrogen and oxygen atoms in total. The largest absolute Gasteiger partial charge is 0.399 e. The van der Waals surface area contributed by atoms with E-state index in [1.807, 2.05) is 40.9 Å². The number of anilines is 1. The Bertz CT molecular complexity index is 428. The third kappa shape index (κ3) is 3.42. The Morgan fingerprint density at radius 1 is 1.39 bits per heavy atom. The number of hydrogen-bond acceptors (Lipinski definition) is 3. The first-order chi connectivity index (χ1) is 8.46. The summed E-state index contributed by atoms with van der Waals surface area (Å²) in [6, 6.07) is 7.55. The second kappa shape index (κ2) is 5.22. The van der Waals surface area contributed by atoms with E-state index in [1.165, 1.54) is 0 Å². The van der Waals surface area contributed by atoms with Crippen molar-refractivity contribution in [3.05, 3.63) is 29.8 Å². The van der Waals surface area contributed by atoms with E-state index in [-0.39, 0.29) is 10.7 Å². The number of carbonyl (C=O) groups excluding carboxylic acids is 1. The van der Waals surface area contributed by atoms with Gasteiger partial charge in [0.15, 0.2) is 0 Å². The van der Waals surface area contributed by atoms with E-state index >= 15 is 0 Å². The van der Waals surface area contributed by atoms with Crippen LogP contribution >= 0.6 is 11.8 Å². The van der Waals surface area contributed by atoms with Crippen molar-refractivity contribution in [3.8, 4) is 0 Å². The van der Waals surface area contributed by atoms with Crippen molar-refractivity contribution in [1.82, 2.24) is 4.90 Å². The highest BCUT2D eigenvalue weighted by atomic mass is 32.2. The average molecular weight is 264 g/mol. The molecule has 0 spiro atoms. The lowest BCUT2D eigenvalue weighted by atomic mass is 10.1. The minimum Gasteiger partial charge on any atom is -0.399 e. The molecule has 98 valence electrons. The van der Waals surface area contributed by atoms with Gasteiger partial charge in [-0.3, -0.25) is 4.79 Å². The maximum atomic E-state index is 12.2. The quantitative estimate of drug-likeness (QED) is 0.833. The minimum absolute atomic E-state index is 0.176. The van der Waals surface area contributed by atoms with E-state index in [9.17, 15) is 4.79 Å². The number of rotatable bonds is 2. The Balaban J connectivity index is 1.97. The van der Waals surface area contributed by atoms with Crippen LogP contribution in [0.3, 0.4) is 0 Å². The third-order valence-electron chi connectivity index (χ3n) is 3.11. The summed E-state index contributed by atoms with van der Waals surface area (Å²) in [5, 5.41) is 0. The molecule has 1 aromatic carbocycles. The number of amides is 1. The molecule has 1 amide bonds. The first-order valence-electron chi connectivity index (χ1n) is 6.22. The van der Waals surface area contributed by atoms with E-state index in [1.54, 1.807) is 0 Å². The molecule has 0 atom stereocenters. The van der Waals surface area contributed by atoms with Crippen LogP contribution in [0.5, 0.6) is 0 Å². The highest BCUT2D eigenvalue weighted by molar-refractivity contribution is 8.00. The van der Waals surface area contributed by atoms with Crippen molar-refractivity contribution >= 4 is 23.4 Å². The first kappa shape index (κ1) is 13.3. The van der Waals surface area contributed by atoms with Gasteiger partial charge in [0.25, 0.3) is 0 Å². The molecular formula is C14H20N2OS. The molecule has 4 heteroatoms. The highest BCUT2D eigenvalue weighted by Crippen LogP contribution is 2.29. The van der Waals surface area contributed by atoms with Crippen molar-refractivity contribution < 1.29 is 4.79 Å². The molecule has 0 bridgehead atoms. The lowest BCUT2D eigenvalue weighted by molar-refractivity contribution is -0.130. The molecule has 1 heterocycles. The van der Waals surface area contributed by atoms with Crippen LogP contribution in [0, 0.1) is 0 Å². The second-order valence-corrected chi connectivity index (χ2v) is 7.14. The molecule has 0 radical (unpaired) electrons. The molecule has 0 aromatic heterocycles. The zero-order valence-electron chi connectivity index (χ0n) is 11.0. The smallest absolute Gasteiger partial charge is 0.227 e. The normalized spacial score (nSPS) is 18.7. The van der Waals surface area contributed by atoms with Gasteiger partial charge in [-0.05, 0) is 31.5 Å². The average Bonchev–Trinajstić information content (AvgIpc) is 2.31. The van der Waals surface area contributed by atoms with Crippen molar-refractivity contribution in [2.45, 2.75) is 25.0 Å². The van der Waals surface area contributed by atoms with Crippen LogP contribution in [0.1, 0.15) is 19.4 Å². The third-order valence-corrected chi connectivity index (χ3v) is 4.41. The molecule has 1 aromatic rings. The van der Waals surface area contributed by atoms with Crippen LogP contribution in [0.25, 0.3) is 0 Å². The zero-order valence-corrected chi connectivity index (χ0v) is 11.8. The minimum atomic E-state index is 0.176. The summed E-state index contributed by atoms with van der Waals surface area (Å²) in [7, 11) is 0. The van der Waals surface area contributed by atoms with Crippen LogP contribution < -0.4 is 5.73 Å². The predicted molar refractivity (Wildman–Crippen MR) is 77.7 cm³/mol. The van der Waals surface area contributed by atoms with Gasteiger partial charge in [0.2, 0.25) is 5.91 Å². The van der Waals surface area contributed by atoms with Crippen LogP contribution in [0.15, 0.2) is 24.3 Å².